The number of thioether (sulfide) groups is 1. The fraction of sp³-hybridized carbons (Fsp3) is 0.513. The van der Waals surface area contributed by atoms with Gasteiger partial charge in [0.1, 0.15) is 37.1 Å². The molecule has 0 amide bonds. The van der Waals surface area contributed by atoms with Crippen LogP contribution in [0.25, 0.3) is 11.3 Å². The molecule has 3 heterocycles. The van der Waals surface area contributed by atoms with Crippen molar-refractivity contribution in [1.29, 1.82) is 5.26 Å². The van der Waals surface area contributed by atoms with E-state index in [-0.39, 0.29) is 11.3 Å². The van der Waals surface area contributed by atoms with Gasteiger partial charge in [0, 0.05) is 55.4 Å². The lowest BCUT2D eigenvalue weighted by atomic mass is 9.96. The van der Waals surface area contributed by atoms with Crippen LogP contribution in [0.5, 0.6) is 0 Å². The standard InChI is InChI=1S/C39H43N3O19S/c1-17(43)52-15-27-30(54-19(3)45)32(56-21(5)47)34(58-23(7)49)37(60-27)42-29(25-12-10-9-11-13-25)26(14-40)36(51)41-39(42)62-38-35(59-24(8)50)33(57-22(6)48)31(55-20(4)46)28(61-38)16-53-18(2)44/h9-13,27-28,30-35,37-38H,15-16H2,1-8H3/t27-,28-,30+,31+,32+,33+,34-,35-,37-,38+/m1/s1. The predicted octanol–water partition coefficient (Wildman–Crippen LogP) is 1.21. The third-order valence-corrected chi connectivity index (χ3v) is 9.75. The number of nitrogens with zero attached hydrogens (tertiary/aromatic N) is 3. The summed E-state index contributed by atoms with van der Waals surface area (Å²) in [6.45, 7) is 7.00. The number of hydrogen-bond donors (Lipinski definition) is 0. The molecule has 2 aromatic rings. The van der Waals surface area contributed by atoms with Crippen molar-refractivity contribution in [2.75, 3.05) is 13.2 Å². The van der Waals surface area contributed by atoms with Crippen LogP contribution in [0.3, 0.4) is 0 Å². The van der Waals surface area contributed by atoms with Gasteiger partial charge in [-0.25, -0.2) is 0 Å². The van der Waals surface area contributed by atoms with Gasteiger partial charge in [-0.2, -0.15) is 10.2 Å². The van der Waals surface area contributed by atoms with Crippen LogP contribution in [0.2, 0.25) is 0 Å². The van der Waals surface area contributed by atoms with E-state index in [0.717, 1.165) is 60.0 Å². The van der Waals surface area contributed by atoms with Crippen LogP contribution in [0.1, 0.15) is 67.2 Å². The predicted molar refractivity (Wildman–Crippen MR) is 204 cm³/mol. The molecule has 0 unspecified atom stereocenters. The molecular weight excluding hydrogens is 846 g/mol. The summed E-state index contributed by atoms with van der Waals surface area (Å²) >= 11 is 0.506. The number of aromatic nitrogens is 2. The molecule has 2 saturated heterocycles. The van der Waals surface area contributed by atoms with Gasteiger partial charge in [0.05, 0.1) is 5.69 Å². The minimum Gasteiger partial charge on any atom is -0.463 e. The normalized spacial score (nSPS) is 25.4. The van der Waals surface area contributed by atoms with Crippen LogP contribution in [-0.2, 0) is 85.7 Å². The van der Waals surface area contributed by atoms with Crippen molar-refractivity contribution >= 4 is 59.5 Å². The molecule has 23 heteroatoms. The number of benzene rings is 1. The Morgan fingerprint density at radius 3 is 1.48 bits per heavy atom. The maximum absolute atomic E-state index is 13.9. The van der Waals surface area contributed by atoms with E-state index >= 15 is 0 Å². The van der Waals surface area contributed by atoms with Gasteiger partial charge in [0.25, 0.3) is 5.56 Å². The minimum absolute atomic E-state index is 0.166. The van der Waals surface area contributed by atoms with Crippen molar-refractivity contribution in [3.05, 3.63) is 46.2 Å². The Bertz CT molecular complexity index is 2160. The highest BCUT2D eigenvalue weighted by Crippen LogP contribution is 2.43. The summed E-state index contributed by atoms with van der Waals surface area (Å²) in [6, 6.07) is 9.58. The van der Waals surface area contributed by atoms with E-state index in [1.807, 2.05) is 6.07 Å². The molecule has 22 nitrogen and oxygen atoms in total. The van der Waals surface area contributed by atoms with Crippen molar-refractivity contribution < 1.29 is 85.7 Å². The van der Waals surface area contributed by atoms with E-state index in [4.69, 9.17) is 47.4 Å². The highest BCUT2D eigenvalue weighted by Gasteiger charge is 2.56. The van der Waals surface area contributed by atoms with E-state index in [1.54, 1.807) is 18.2 Å². The van der Waals surface area contributed by atoms with Crippen LogP contribution in [0.4, 0.5) is 0 Å². The van der Waals surface area contributed by atoms with Crippen LogP contribution in [-0.4, -0.2) is 125 Å². The first kappa shape index (κ1) is 48.3. The van der Waals surface area contributed by atoms with Gasteiger partial charge in [-0.15, -0.1) is 0 Å². The van der Waals surface area contributed by atoms with Crippen molar-refractivity contribution in [3.63, 3.8) is 0 Å². The summed E-state index contributed by atoms with van der Waals surface area (Å²) < 4.78 is 57.9. The molecule has 0 bridgehead atoms. The van der Waals surface area contributed by atoms with E-state index in [0.29, 0.717) is 11.8 Å². The highest BCUT2D eigenvalue weighted by atomic mass is 32.2. The van der Waals surface area contributed by atoms with E-state index < -0.39 is 138 Å². The van der Waals surface area contributed by atoms with Crippen molar-refractivity contribution in [2.24, 2.45) is 0 Å². The summed E-state index contributed by atoms with van der Waals surface area (Å²) in [5, 5.41) is 10.0. The zero-order valence-corrected chi connectivity index (χ0v) is 35.4. The zero-order valence-electron chi connectivity index (χ0n) is 34.6. The Morgan fingerprint density at radius 1 is 0.613 bits per heavy atom. The molecule has 2 fully saturated rings. The van der Waals surface area contributed by atoms with Crippen LogP contribution >= 0.6 is 11.8 Å². The first-order chi connectivity index (χ1) is 29.2. The maximum Gasteiger partial charge on any atom is 0.303 e. The molecule has 10 atom stereocenters. The van der Waals surface area contributed by atoms with Gasteiger partial charge < -0.3 is 47.4 Å². The minimum atomic E-state index is -1.83. The van der Waals surface area contributed by atoms with Crippen LogP contribution in [0, 0.1) is 11.3 Å². The Morgan fingerprint density at radius 2 is 1.03 bits per heavy atom. The van der Waals surface area contributed by atoms with E-state index in [1.165, 1.54) is 12.1 Å². The largest absolute Gasteiger partial charge is 0.463 e. The molecule has 334 valence electrons. The number of carbonyl (C=O) groups excluding carboxylic acids is 8. The average molecular weight is 890 g/mol. The van der Waals surface area contributed by atoms with Crippen molar-refractivity contribution in [2.45, 2.75) is 121 Å². The topological polar surface area (TPSA) is 288 Å². The van der Waals surface area contributed by atoms with Crippen LogP contribution in [0.15, 0.2) is 40.3 Å². The quantitative estimate of drug-likeness (QED) is 0.146. The molecular formula is C39H43N3O19S. The third-order valence-electron chi connectivity index (χ3n) is 8.64. The molecule has 4 rings (SSSR count). The first-order valence-electron chi connectivity index (χ1n) is 18.6. The van der Waals surface area contributed by atoms with Gasteiger partial charge >= 0.3 is 47.8 Å². The number of ether oxygens (including phenoxy) is 10. The van der Waals surface area contributed by atoms with Gasteiger partial charge in [-0.3, -0.25) is 47.7 Å². The lowest BCUT2D eigenvalue weighted by Crippen LogP contribution is -2.62. The number of rotatable bonds is 14. The highest BCUT2D eigenvalue weighted by molar-refractivity contribution is 7.99. The summed E-state index contributed by atoms with van der Waals surface area (Å²) in [4.78, 5) is 118. The summed E-state index contributed by atoms with van der Waals surface area (Å²) in [7, 11) is 0. The molecule has 1 aromatic carbocycles. The molecule has 1 aromatic heterocycles. The lowest BCUT2D eigenvalue weighted by molar-refractivity contribution is -0.269. The molecule has 0 saturated carbocycles. The number of nitriles is 1. The smallest absolute Gasteiger partial charge is 0.303 e. The van der Waals surface area contributed by atoms with Gasteiger partial charge in [0.2, 0.25) is 0 Å². The van der Waals surface area contributed by atoms with Gasteiger partial charge in [0.15, 0.2) is 53.4 Å². The monoisotopic (exact) mass is 889 g/mol. The van der Waals surface area contributed by atoms with Crippen molar-refractivity contribution in [1.82, 2.24) is 9.55 Å². The molecule has 0 N–H and O–H groups in total. The van der Waals surface area contributed by atoms with Gasteiger partial charge in [-0.05, 0) is 5.56 Å². The second-order valence-corrected chi connectivity index (χ2v) is 14.6. The van der Waals surface area contributed by atoms with Crippen molar-refractivity contribution in [3.8, 4) is 17.3 Å². The second-order valence-electron chi connectivity index (χ2n) is 13.5. The lowest BCUT2D eigenvalue weighted by Gasteiger charge is -2.46. The second kappa shape index (κ2) is 21.4. The molecule has 2 aliphatic rings. The maximum atomic E-state index is 13.9. The molecule has 0 aliphatic carbocycles. The van der Waals surface area contributed by atoms with Gasteiger partial charge in [-0.1, -0.05) is 42.1 Å². The SMILES string of the molecule is CC(=O)OC[C@H]1O[C@@H](n2c(S[C@@H]3O[C@H](COC(C)=O)[C@H](OC(C)=O)[C@H](OC(C)=O)[C@H]3OC(C)=O)nc(=O)c(C#N)c2-c2ccccc2)[C@H](OC(C)=O)[C@@H](OC(C)=O)[C@H]1OC(C)=O. The number of carbonyl (C=O) groups is 8. The first-order valence-corrected chi connectivity index (χ1v) is 19.5. The Hall–Kier alpha value is -6.38. The number of esters is 8. The Labute approximate surface area is 357 Å². The Kier molecular flexibility index (Phi) is 16.7. The van der Waals surface area contributed by atoms with Crippen LogP contribution < -0.4 is 5.56 Å². The fourth-order valence-electron chi connectivity index (χ4n) is 6.61. The molecule has 2 aliphatic heterocycles. The summed E-state index contributed by atoms with van der Waals surface area (Å²) in [5.41, 5.74) is -3.41. The summed E-state index contributed by atoms with van der Waals surface area (Å²) in [6.07, 6.45) is -14.9. The zero-order chi connectivity index (χ0) is 46.0. The summed E-state index contributed by atoms with van der Waals surface area (Å²) in [5.74, 6) is -7.22. The number of hydrogen-bond acceptors (Lipinski definition) is 22. The van der Waals surface area contributed by atoms with E-state index in [9.17, 15) is 48.4 Å². The average Bonchev–Trinajstić information content (AvgIpc) is 3.16. The molecule has 62 heavy (non-hydrogen) atoms. The third kappa shape index (κ3) is 12.4. The van der Waals surface area contributed by atoms with E-state index in [2.05, 4.69) is 4.98 Å². The molecule has 0 radical (unpaired) electrons. The Balaban J connectivity index is 2.12. The fourth-order valence-corrected chi connectivity index (χ4v) is 7.81. The molecule has 0 spiro atoms.